The largest absolute Gasteiger partial charge is 0.354 e. The van der Waals surface area contributed by atoms with Crippen molar-refractivity contribution >= 4 is 17.7 Å². The molecule has 17 heavy (non-hydrogen) atoms. The highest BCUT2D eigenvalue weighted by Crippen LogP contribution is 2.67. The molecule has 0 aromatic heterocycles. The number of thioether (sulfide) groups is 1. The fourth-order valence-electron chi connectivity index (χ4n) is 2.55. The van der Waals surface area contributed by atoms with Crippen molar-refractivity contribution in [2.45, 2.75) is 40.2 Å². The summed E-state index contributed by atoms with van der Waals surface area (Å²) in [6.07, 6.45) is 2.78. The first-order valence-electron chi connectivity index (χ1n) is 6.27. The van der Waals surface area contributed by atoms with Crippen molar-refractivity contribution in [1.29, 1.82) is 0 Å². The van der Waals surface area contributed by atoms with E-state index in [0.29, 0.717) is 16.7 Å². The Morgan fingerprint density at radius 3 is 2.29 bits per heavy atom. The van der Waals surface area contributed by atoms with Crippen molar-refractivity contribution in [3.63, 3.8) is 0 Å². The maximum absolute atomic E-state index is 11.8. The molecule has 1 atom stereocenters. The van der Waals surface area contributed by atoms with Gasteiger partial charge in [0.2, 0.25) is 5.91 Å². The molecule has 0 bridgehead atoms. The van der Waals surface area contributed by atoms with Gasteiger partial charge in [0, 0.05) is 6.54 Å². The molecule has 1 saturated carbocycles. The van der Waals surface area contributed by atoms with Gasteiger partial charge in [-0.05, 0) is 35.2 Å². The van der Waals surface area contributed by atoms with E-state index >= 15 is 0 Å². The number of hydrogen-bond donors (Lipinski definition) is 2. The van der Waals surface area contributed by atoms with Gasteiger partial charge in [-0.25, -0.2) is 0 Å². The van der Waals surface area contributed by atoms with Crippen LogP contribution in [0.25, 0.3) is 0 Å². The van der Waals surface area contributed by atoms with Gasteiger partial charge in [-0.15, -0.1) is 0 Å². The summed E-state index contributed by atoms with van der Waals surface area (Å²) < 4.78 is 0. The van der Waals surface area contributed by atoms with E-state index in [1.165, 1.54) is 0 Å². The van der Waals surface area contributed by atoms with E-state index in [9.17, 15) is 4.79 Å². The molecule has 100 valence electrons. The van der Waals surface area contributed by atoms with E-state index in [1.54, 1.807) is 11.8 Å². The third-order valence-electron chi connectivity index (χ3n) is 4.77. The van der Waals surface area contributed by atoms with Crippen molar-refractivity contribution < 1.29 is 4.79 Å². The molecule has 0 aromatic rings. The Morgan fingerprint density at radius 1 is 1.35 bits per heavy atom. The summed E-state index contributed by atoms with van der Waals surface area (Å²) in [5.74, 6) is 1.50. The maximum atomic E-state index is 11.8. The van der Waals surface area contributed by atoms with Gasteiger partial charge < -0.3 is 11.1 Å². The van der Waals surface area contributed by atoms with E-state index in [-0.39, 0.29) is 11.9 Å². The van der Waals surface area contributed by atoms with Crippen LogP contribution in [0.1, 0.15) is 34.1 Å². The van der Waals surface area contributed by atoms with E-state index in [4.69, 9.17) is 5.73 Å². The molecular formula is C13H26N2OS. The Bertz CT molecular complexity index is 275. The summed E-state index contributed by atoms with van der Waals surface area (Å²) in [5.41, 5.74) is 6.47. The van der Waals surface area contributed by atoms with E-state index < -0.39 is 0 Å². The zero-order valence-electron chi connectivity index (χ0n) is 11.7. The fraction of sp³-hybridized carbons (Fsp3) is 0.923. The molecule has 1 fully saturated rings. The van der Waals surface area contributed by atoms with Gasteiger partial charge in [0.25, 0.3) is 0 Å². The maximum Gasteiger partial charge on any atom is 0.236 e. The van der Waals surface area contributed by atoms with Crippen molar-refractivity contribution in [2.75, 3.05) is 18.6 Å². The molecular weight excluding hydrogens is 232 g/mol. The number of amides is 1. The highest BCUT2D eigenvalue weighted by atomic mass is 32.2. The topological polar surface area (TPSA) is 55.1 Å². The molecule has 0 aliphatic heterocycles. The Hall–Kier alpha value is -0.220. The van der Waals surface area contributed by atoms with Crippen LogP contribution in [0.3, 0.4) is 0 Å². The van der Waals surface area contributed by atoms with Gasteiger partial charge in [-0.1, -0.05) is 27.7 Å². The SMILES string of the molecule is CSCC[C@@H](N)C(=O)NCC1C(C)(C)C1(C)C. The predicted octanol–water partition coefficient (Wildman–Crippen LogP) is 1.87. The van der Waals surface area contributed by atoms with Crippen LogP contribution in [-0.2, 0) is 4.79 Å². The number of hydrogen-bond acceptors (Lipinski definition) is 3. The normalized spacial score (nSPS) is 23.2. The third kappa shape index (κ3) is 2.97. The van der Waals surface area contributed by atoms with E-state index in [0.717, 1.165) is 18.7 Å². The minimum absolute atomic E-state index is 0.00227. The highest BCUT2D eigenvalue weighted by Gasteiger charge is 2.64. The number of rotatable bonds is 6. The lowest BCUT2D eigenvalue weighted by molar-refractivity contribution is -0.122. The summed E-state index contributed by atoms with van der Waals surface area (Å²) >= 11 is 1.72. The van der Waals surface area contributed by atoms with Crippen LogP contribution in [0.15, 0.2) is 0 Å². The zero-order valence-corrected chi connectivity index (χ0v) is 12.5. The average molecular weight is 258 g/mol. The van der Waals surface area contributed by atoms with Gasteiger partial charge in [0.05, 0.1) is 6.04 Å². The zero-order chi connectivity index (χ0) is 13.3. The second kappa shape index (κ2) is 5.19. The number of nitrogens with one attached hydrogen (secondary N) is 1. The smallest absolute Gasteiger partial charge is 0.236 e. The molecule has 4 heteroatoms. The first kappa shape index (κ1) is 14.8. The molecule has 1 aliphatic rings. The summed E-state index contributed by atoms with van der Waals surface area (Å²) in [6.45, 7) is 9.80. The van der Waals surface area contributed by atoms with Crippen molar-refractivity contribution in [2.24, 2.45) is 22.5 Å². The van der Waals surface area contributed by atoms with E-state index in [2.05, 4.69) is 33.0 Å². The first-order valence-corrected chi connectivity index (χ1v) is 7.66. The molecule has 1 aliphatic carbocycles. The Morgan fingerprint density at radius 2 is 1.88 bits per heavy atom. The van der Waals surface area contributed by atoms with Crippen LogP contribution in [-0.4, -0.2) is 30.5 Å². The van der Waals surface area contributed by atoms with Crippen molar-refractivity contribution in [3.05, 3.63) is 0 Å². The molecule has 3 nitrogen and oxygen atoms in total. The van der Waals surface area contributed by atoms with Crippen LogP contribution in [0.2, 0.25) is 0 Å². The summed E-state index contributed by atoms with van der Waals surface area (Å²) in [4.78, 5) is 11.8. The fourth-order valence-corrected chi connectivity index (χ4v) is 3.04. The van der Waals surface area contributed by atoms with E-state index in [1.807, 2.05) is 6.26 Å². The minimum Gasteiger partial charge on any atom is -0.354 e. The van der Waals surface area contributed by atoms with Crippen LogP contribution >= 0.6 is 11.8 Å². The second-order valence-electron chi connectivity index (χ2n) is 6.13. The molecule has 0 saturated heterocycles. The van der Waals surface area contributed by atoms with Gasteiger partial charge in [-0.3, -0.25) is 4.79 Å². The minimum atomic E-state index is -0.354. The molecule has 3 N–H and O–H groups in total. The summed E-state index contributed by atoms with van der Waals surface area (Å²) in [7, 11) is 0. The van der Waals surface area contributed by atoms with Crippen molar-refractivity contribution in [3.8, 4) is 0 Å². The molecule has 0 heterocycles. The predicted molar refractivity (Wildman–Crippen MR) is 75.0 cm³/mol. The summed E-state index contributed by atoms with van der Waals surface area (Å²) in [5, 5.41) is 2.99. The highest BCUT2D eigenvalue weighted by molar-refractivity contribution is 7.98. The average Bonchev–Trinajstić information content (AvgIpc) is 2.63. The van der Waals surface area contributed by atoms with Gasteiger partial charge in [0.1, 0.15) is 0 Å². The molecule has 1 rings (SSSR count). The van der Waals surface area contributed by atoms with Gasteiger partial charge >= 0.3 is 0 Å². The standard InChI is InChI=1S/C13H26N2OS/c1-12(2)10(13(12,3)4)8-15-11(16)9(14)6-7-17-5/h9-10H,6-8,14H2,1-5H3,(H,15,16)/t9-/m1/s1. The van der Waals surface area contributed by atoms with Gasteiger partial charge in [0.15, 0.2) is 0 Å². The first-order chi connectivity index (χ1) is 7.75. The number of nitrogens with two attached hydrogens (primary N) is 1. The lowest BCUT2D eigenvalue weighted by Crippen LogP contribution is -2.42. The van der Waals surface area contributed by atoms with Crippen LogP contribution < -0.4 is 11.1 Å². The monoisotopic (exact) mass is 258 g/mol. The lowest BCUT2D eigenvalue weighted by Gasteiger charge is -2.12. The Labute approximate surface area is 109 Å². The summed E-state index contributed by atoms with van der Waals surface area (Å²) in [6, 6.07) is -0.354. The van der Waals surface area contributed by atoms with Gasteiger partial charge in [-0.2, -0.15) is 11.8 Å². The number of carbonyl (C=O) groups excluding carboxylic acids is 1. The molecule has 0 unspecified atom stereocenters. The van der Waals surface area contributed by atoms with Crippen LogP contribution in [0.5, 0.6) is 0 Å². The molecule has 0 radical (unpaired) electrons. The molecule has 0 aromatic carbocycles. The molecule has 1 amide bonds. The van der Waals surface area contributed by atoms with Crippen LogP contribution in [0, 0.1) is 16.7 Å². The number of carbonyl (C=O) groups is 1. The second-order valence-corrected chi connectivity index (χ2v) is 7.11. The van der Waals surface area contributed by atoms with Crippen molar-refractivity contribution in [1.82, 2.24) is 5.32 Å². The quantitative estimate of drug-likeness (QED) is 0.764. The Balaban J connectivity index is 2.31. The van der Waals surface area contributed by atoms with Crippen LogP contribution in [0.4, 0.5) is 0 Å². The molecule has 0 spiro atoms. The third-order valence-corrected chi connectivity index (χ3v) is 5.41. The lowest BCUT2D eigenvalue weighted by atomic mass is 10.0. The Kier molecular flexibility index (Phi) is 4.53.